The molecule has 0 aliphatic rings. The highest BCUT2D eigenvalue weighted by Gasteiger charge is 2.09. The van der Waals surface area contributed by atoms with Crippen LogP contribution in [0.15, 0.2) is 30.3 Å². The molecule has 0 spiro atoms. The molecule has 0 bridgehead atoms. The maximum atomic E-state index is 6.30. The van der Waals surface area contributed by atoms with Gasteiger partial charge in [-0.15, -0.1) is 11.3 Å². The van der Waals surface area contributed by atoms with Crippen LogP contribution in [0.1, 0.15) is 36.1 Å². The minimum absolute atomic E-state index is 0.415. The average molecular weight is 324 g/mol. The Kier molecular flexibility index (Phi) is 6.09. The second kappa shape index (κ2) is 7.83. The Balaban J connectivity index is 2.06. The Morgan fingerprint density at radius 3 is 2.62 bits per heavy atom. The molecule has 1 aromatic heterocycles. The molecule has 114 valence electrons. The maximum absolute atomic E-state index is 6.30. The van der Waals surface area contributed by atoms with Crippen molar-refractivity contribution in [2.45, 2.75) is 46.4 Å². The van der Waals surface area contributed by atoms with E-state index in [-0.39, 0.29) is 0 Å². The number of hydrogen-bond donors (Lipinski definition) is 1. The van der Waals surface area contributed by atoms with Crippen molar-refractivity contribution >= 4 is 22.9 Å². The molecule has 0 saturated carbocycles. The summed E-state index contributed by atoms with van der Waals surface area (Å²) < 4.78 is 5.98. The van der Waals surface area contributed by atoms with E-state index < -0.39 is 0 Å². The third-order valence-electron chi connectivity index (χ3n) is 3.20. The Labute approximate surface area is 136 Å². The van der Waals surface area contributed by atoms with Crippen molar-refractivity contribution < 1.29 is 4.74 Å². The molecular weight excluding hydrogens is 302 g/mol. The molecule has 21 heavy (non-hydrogen) atoms. The van der Waals surface area contributed by atoms with Crippen LogP contribution in [0.4, 0.5) is 0 Å². The lowest BCUT2D eigenvalue weighted by atomic mass is 10.2. The van der Waals surface area contributed by atoms with Gasteiger partial charge in [0.1, 0.15) is 12.4 Å². The van der Waals surface area contributed by atoms with Crippen molar-refractivity contribution in [1.82, 2.24) is 5.32 Å². The fraction of sp³-hybridized carbons (Fsp3) is 0.412. The predicted molar refractivity (Wildman–Crippen MR) is 91.5 cm³/mol. The molecular formula is C17H22ClNOS. The van der Waals surface area contributed by atoms with Gasteiger partial charge in [0.15, 0.2) is 0 Å². The molecule has 0 atom stereocenters. The van der Waals surface area contributed by atoms with Gasteiger partial charge in [-0.1, -0.05) is 38.4 Å². The Morgan fingerprint density at radius 1 is 1.19 bits per heavy atom. The Bertz CT molecular complexity index is 580. The summed E-state index contributed by atoms with van der Waals surface area (Å²) in [4.78, 5) is 2.64. The van der Waals surface area contributed by atoms with Crippen molar-refractivity contribution in [3.05, 3.63) is 50.7 Å². The van der Waals surface area contributed by atoms with Crippen LogP contribution in [0.25, 0.3) is 0 Å². The van der Waals surface area contributed by atoms with E-state index in [1.807, 2.05) is 18.2 Å². The number of nitrogens with one attached hydrogen (secondary N) is 1. The van der Waals surface area contributed by atoms with Gasteiger partial charge < -0.3 is 10.1 Å². The van der Waals surface area contributed by atoms with Gasteiger partial charge in [-0.05, 0) is 30.7 Å². The largest absolute Gasteiger partial charge is 0.488 e. The molecule has 1 N–H and O–H groups in total. The molecule has 0 unspecified atom stereocenters. The first kappa shape index (κ1) is 16.3. The van der Waals surface area contributed by atoms with Gasteiger partial charge in [0, 0.05) is 32.9 Å². The topological polar surface area (TPSA) is 21.3 Å². The van der Waals surface area contributed by atoms with E-state index in [1.54, 1.807) is 11.3 Å². The molecule has 0 fully saturated rings. The summed E-state index contributed by atoms with van der Waals surface area (Å²) in [5.74, 6) is 0.863. The summed E-state index contributed by atoms with van der Waals surface area (Å²) in [5.41, 5.74) is 1.03. The van der Waals surface area contributed by atoms with Gasteiger partial charge >= 0.3 is 0 Å². The molecule has 0 saturated heterocycles. The second-order valence-corrected chi connectivity index (χ2v) is 6.92. The molecule has 2 nitrogen and oxygen atoms in total. The van der Waals surface area contributed by atoms with Gasteiger partial charge in [0.05, 0.1) is 0 Å². The van der Waals surface area contributed by atoms with Crippen LogP contribution in [0.2, 0.25) is 5.02 Å². The zero-order chi connectivity index (χ0) is 15.2. The van der Waals surface area contributed by atoms with Crippen LogP contribution in [0.5, 0.6) is 5.75 Å². The third-order valence-corrected chi connectivity index (χ3v) is 4.76. The Hall–Kier alpha value is -1.03. The normalized spacial score (nSPS) is 11.1. The van der Waals surface area contributed by atoms with Crippen molar-refractivity contribution in [2.24, 2.45) is 0 Å². The minimum atomic E-state index is 0.415. The lowest BCUT2D eigenvalue weighted by Gasteiger charge is -2.14. The highest BCUT2D eigenvalue weighted by Crippen LogP contribution is 2.28. The molecule has 0 aliphatic carbocycles. The van der Waals surface area contributed by atoms with E-state index in [0.29, 0.717) is 12.6 Å². The number of rotatable bonds is 7. The van der Waals surface area contributed by atoms with Crippen LogP contribution in [0, 0.1) is 0 Å². The smallest absolute Gasteiger partial charge is 0.125 e. The number of aryl methyl sites for hydroxylation is 1. The fourth-order valence-electron chi connectivity index (χ4n) is 1.99. The molecule has 0 amide bonds. The molecule has 2 aromatic rings. The van der Waals surface area contributed by atoms with E-state index in [0.717, 1.165) is 29.3 Å². The number of thiophene rings is 1. The lowest BCUT2D eigenvalue weighted by molar-refractivity contribution is 0.305. The third kappa shape index (κ3) is 4.73. The van der Waals surface area contributed by atoms with Crippen molar-refractivity contribution in [3.63, 3.8) is 0 Å². The highest BCUT2D eigenvalue weighted by molar-refractivity contribution is 7.11. The summed E-state index contributed by atoms with van der Waals surface area (Å²) in [5, 5.41) is 4.14. The summed E-state index contributed by atoms with van der Waals surface area (Å²) >= 11 is 8.11. The van der Waals surface area contributed by atoms with Crippen molar-refractivity contribution in [1.29, 1.82) is 0 Å². The van der Waals surface area contributed by atoms with Crippen LogP contribution in [-0.2, 0) is 19.6 Å². The van der Waals surface area contributed by atoms with Gasteiger partial charge in [0.2, 0.25) is 0 Å². The van der Waals surface area contributed by atoms with Crippen LogP contribution < -0.4 is 10.1 Å². The summed E-state index contributed by atoms with van der Waals surface area (Å²) in [6.45, 7) is 7.73. The monoisotopic (exact) mass is 323 g/mol. The maximum Gasteiger partial charge on any atom is 0.125 e. The van der Waals surface area contributed by atoms with Gasteiger partial charge in [0.25, 0.3) is 0 Å². The first-order valence-corrected chi connectivity index (χ1v) is 8.50. The molecule has 0 aliphatic heterocycles. The number of hydrogen-bond acceptors (Lipinski definition) is 3. The van der Waals surface area contributed by atoms with E-state index in [4.69, 9.17) is 16.3 Å². The molecule has 1 heterocycles. The fourth-order valence-corrected chi connectivity index (χ4v) is 3.09. The number of halogens is 1. The molecule has 2 rings (SSSR count). The van der Waals surface area contributed by atoms with Crippen LogP contribution in [-0.4, -0.2) is 6.04 Å². The van der Waals surface area contributed by atoms with E-state index in [2.05, 4.69) is 38.2 Å². The van der Waals surface area contributed by atoms with Crippen molar-refractivity contribution in [2.75, 3.05) is 0 Å². The molecule has 0 radical (unpaired) electrons. The quantitative estimate of drug-likeness (QED) is 0.770. The Morgan fingerprint density at radius 2 is 1.95 bits per heavy atom. The molecule has 1 aromatic carbocycles. The summed E-state index contributed by atoms with van der Waals surface area (Å²) in [6.07, 6.45) is 1.07. The van der Waals surface area contributed by atoms with E-state index in [1.165, 1.54) is 9.75 Å². The van der Waals surface area contributed by atoms with Gasteiger partial charge in [-0.3, -0.25) is 0 Å². The zero-order valence-corrected chi connectivity index (χ0v) is 14.4. The number of benzene rings is 1. The van der Waals surface area contributed by atoms with Crippen molar-refractivity contribution in [3.8, 4) is 5.75 Å². The van der Waals surface area contributed by atoms with Gasteiger partial charge in [-0.2, -0.15) is 0 Å². The SMILES string of the molecule is CCc1ccc(COc2cccc(Cl)c2CNC(C)C)s1. The lowest BCUT2D eigenvalue weighted by Crippen LogP contribution is -2.22. The van der Waals surface area contributed by atoms with Crippen LogP contribution >= 0.6 is 22.9 Å². The predicted octanol–water partition coefficient (Wildman–Crippen LogP) is 5.04. The first-order valence-electron chi connectivity index (χ1n) is 7.31. The summed E-state index contributed by atoms with van der Waals surface area (Å²) in [7, 11) is 0. The van der Waals surface area contributed by atoms with Gasteiger partial charge in [-0.25, -0.2) is 0 Å². The standard InChI is InChI=1S/C17H22ClNOS/c1-4-13-8-9-14(21-13)11-20-17-7-5-6-16(18)15(17)10-19-12(2)3/h5-9,12,19H,4,10-11H2,1-3H3. The first-order chi connectivity index (χ1) is 10.1. The molecule has 4 heteroatoms. The second-order valence-electron chi connectivity index (χ2n) is 5.26. The minimum Gasteiger partial charge on any atom is -0.488 e. The highest BCUT2D eigenvalue weighted by atomic mass is 35.5. The number of ether oxygens (including phenoxy) is 1. The zero-order valence-electron chi connectivity index (χ0n) is 12.8. The van der Waals surface area contributed by atoms with Crippen LogP contribution in [0.3, 0.4) is 0 Å². The average Bonchev–Trinajstić information content (AvgIpc) is 2.92. The van der Waals surface area contributed by atoms with E-state index >= 15 is 0 Å². The summed E-state index contributed by atoms with van der Waals surface area (Å²) in [6, 6.07) is 10.5. The van der Waals surface area contributed by atoms with E-state index in [9.17, 15) is 0 Å².